The lowest BCUT2D eigenvalue weighted by atomic mass is 9.91. The lowest BCUT2D eigenvalue weighted by Crippen LogP contribution is -2.33. The predicted octanol–water partition coefficient (Wildman–Crippen LogP) is 3.93. The fraction of sp³-hybridized carbons (Fsp3) is 0.786. The molecule has 1 aliphatic carbocycles. The third-order valence-electron chi connectivity index (χ3n) is 3.81. The van der Waals surface area contributed by atoms with E-state index in [2.05, 4.69) is 50.3 Å². The fourth-order valence-electron chi connectivity index (χ4n) is 3.08. The molecule has 17 heavy (non-hydrogen) atoms. The highest BCUT2D eigenvalue weighted by molar-refractivity contribution is 7.09. The molecule has 0 saturated heterocycles. The van der Waals surface area contributed by atoms with Gasteiger partial charge in [0, 0.05) is 17.1 Å². The molecule has 2 rings (SSSR count). The number of aryl methyl sites for hydroxylation is 1. The number of hydrogen-bond acceptors (Lipinski definition) is 3. The summed E-state index contributed by atoms with van der Waals surface area (Å²) in [4.78, 5) is 4.57. The Kier molecular flexibility index (Phi) is 3.60. The number of nitrogens with zero attached hydrogens (tertiary/aromatic N) is 1. The van der Waals surface area contributed by atoms with Crippen LogP contribution in [0.25, 0.3) is 0 Å². The number of nitrogens with one attached hydrogen (secondary N) is 1. The van der Waals surface area contributed by atoms with Gasteiger partial charge in [-0.1, -0.05) is 20.8 Å². The topological polar surface area (TPSA) is 24.9 Å². The van der Waals surface area contributed by atoms with Crippen LogP contribution >= 0.6 is 11.3 Å². The Morgan fingerprint density at radius 1 is 1.47 bits per heavy atom. The van der Waals surface area contributed by atoms with Gasteiger partial charge in [0.2, 0.25) is 0 Å². The summed E-state index contributed by atoms with van der Waals surface area (Å²) in [5.41, 5.74) is 1.63. The minimum absolute atomic E-state index is 0.384. The van der Waals surface area contributed by atoms with Crippen molar-refractivity contribution in [2.45, 2.75) is 59.5 Å². The van der Waals surface area contributed by atoms with Crippen molar-refractivity contribution in [3.05, 3.63) is 16.1 Å². The minimum atomic E-state index is 0.384. The molecular weight excluding hydrogens is 228 g/mol. The summed E-state index contributed by atoms with van der Waals surface area (Å²) in [6, 6.07) is 1.03. The Morgan fingerprint density at radius 2 is 2.18 bits per heavy atom. The van der Waals surface area contributed by atoms with E-state index >= 15 is 0 Å². The Labute approximate surface area is 109 Å². The first-order valence-corrected chi connectivity index (χ1v) is 7.43. The molecule has 0 radical (unpaired) electrons. The third-order valence-corrected chi connectivity index (χ3v) is 4.95. The minimum Gasteiger partial charge on any atom is -0.305 e. The van der Waals surface area contributed by atoms with Gasteiger partial charge in [-0.3, -0.25) is 0 Å². The van der Waals surface area contributed by atoms with Crippen molar-refractivity contribution in [1.82, 2.24) is 10.3 Å². The van der Waals surface area contributed by atoms with Gasteiger partial charge in [0.05, 0.1) is 6.04 Å². The van der Waals surface area contributed by atoms with Crippen molar-refractivity contribution in [3.63, 3.8) is 0 Å². The summed E-state index contributed by atoms with van der Waals surface area (Å²) in [6.45, 7) is 11.4. The summed E-state index contributed by atoms with van der Waals surface area (Å²) in [5, 5.41) is 7.12. The average Bonchev–Trinajstić information content (AvgIpc) is 2.71. The fourth-order valence-corrected chi connectivity index (χ4v) is 3.89. The lowest BCUT2D eigenvalue weighted by Gasteiger charge is -2.22. The van der Waals surface area contributed by atoms with Gasteiger partial charge in [0.1, 0.15) is 5.01 Å². The highest BCUT2D eigenvalue weighted by Crippen LogP contribution is 2.41. The van der Waals surface area contributed by atoms with E-state index in [9.17, 15) is 0 Å². The first-order chi connectivity index (χ1) is 7.87. The van der Waals surface area contributed by atoms with Crippen LogP contribution in [0, 0.1) is 18.3 Å². The molecule has 0 bridgehead atoms. The standard InChI is InChI=1S/C14H24N2S/c1-9-6-14(4,5)7-12(9)16-11(3)13-15-10(2)8-17-13/h8-9,11-12,16H,6-7H2,1-5H3. The predicted molar refractivity (Wildman–Crippen MR) is 74.4 cm³/mol. The zero-order chi connectivity index (χ0) is 12.6. The SMILES string of the molecule is Cc1csc(C(C)NC2CC(C)(C)CC2C)n1. The summed E-state index contributed by atoms with van der Waals surface area (Å²) in [7, 11) is 0. The Hall–Kier alpha value is -0.410. The van der Waals surface area contributed by atoms with E-state index in [1.807, 2.05) is 0 Å². The van der Waals surface area contributed by atoms with Gasteiger partial charge >= 0.3 is 0 Å². The molecule has 96 valence electrons. The number of rotatable bonds is 3. The highest BCUT2D eigenvalue weighted by Gasteiger charge is 2.37. The van der Waals surface area contributed by atoms with Gasteiger partial charge in [-0.05, 0) is 38.0 Å². The quantitative estimate of drug-likeness (QED) is 0.881. The zero-order valence-corrected chi connectivity index (χ0v) is 12.4. The molecule has 1 fully saturated rings. The molecule has 0 spiro atoms. The van der Waals surface area contributed by atoms with Crippen LogP contribution < -0.4 is 5.32 Å². The van der Waals surface area contributed by atoms with Crippen LogP contribution in [0.15, 0.2) is 5.38 Å². The molecule has 1 N–H and O–H groups in total. The molecule has 1 aliphatic rings. The van der Waals surface area contributed by atoms with E-state index in [4.69, 9.17) is 0 Å². The molecule has 0 amide bonds. The molecule has 0 aliphatic heterocycles. The summed E-state index contributed by atoms with van der Waals surface area (Å²) < 4.78 is 0. The Morgan fingerprint density at radius 3 is 2.65 bits per heavy atom. The number of hydrogen-bond donors (Lipinski definition) is 1. The second kappa shape index (κ2) is 4.69. The number of aromatic nitrogens is 1. The summed E-state index contributed by atoms with van der Waals surface area (Å²) in [5.74, 6) is 0.772. The molecule has 2 nitrogen and oxygen atoms in total. The van der Waals surface area contributed by atoms with Gasteiger partial charge in [-0.15, -0.1) is 11.3 Å². The first kappa shape index (κ1) is 13.0. The molecule has 1 saturated carbocycles. The van der Waals surface area contributed by atoms with Crippen LogP contribution in [-0.4, -0.2) is 11.0 Å². The van der Waals surface area contributed by atoms with Crippen LogP contribution in [0.2, 0.25) is 0 Å². The maximum Gasteiger partial charge on any atom is 0.110 e. The molecular formula is C14H24N2S. The molecule has 3 atom stereocenters. The molecule has 0 aromatic carbocycles. The third kappa shape index (κ3) is 3.08. The van der Waals surface area contributed by atoms with Gasteiger partial charge in [-0.25, -0.2) is 4.98 Å². The van der Waals surface area contributed by atoms with Gasteiger partial charge < -0.3 is 5.32 Å². The van der Waals surface area contributed by atoms with E-state index in [-0.39, 0.29) is 0 Å². The summed E-state index contributed by atoms with van der Waals surface area (Å²) in [6.07, 6.45) is 2.61. The van der Waals surface area contributed by atoms with Gasteiger partial charge in [0.25, 0.3) is 0 Å². The zero-order valence-electron chi connectivity index (χ0n) is 11.6. The Bertz CT molecular complexity index is 383. The van der Waals surface area contributed by atoms with E-state index in [1.54, 1.807) is 11.3 Å². The van der Waals surface area contributed by atoms with Crippen LogP contribution in [0.1, 0.15) is 57.3 Å². The second-order valence-electron chi connectivity index (χ2n) is 6.37. The molecule has 3 heteroatoms. The molecule has 3 unspecified atom stereocenters. The summed E-state index contributed by atoms with van der Waals surface area (Å²) >= 11 is 1.77. The van der Waals surface area contributed by atoms with E-state index in [1.165, 1.54) is 17.8 Å². The Balaban J connectivity index is 1.98. The smallest absolute Gasteiger partial charge is 0.110 e. The lowest BCUT2D eigenvalue weighted by molar-refractivity contribution is 0.356. The van der Waals surface area contributed by atoms with Gasteiger partial charge in [-0.2, -0.15) is 0 Å². The van der Waals surface area contributed by atoms with Crippen molar-refractivity contribution in [2.24, 2.45) is 11.3 Å². The van der Waals surface area contributed by atoms with E-state index in [0.29, 0.717) is 17.5 Å². The second-order valence-corrected chi connectivity index (χ2v) is 7.26. The average molecular weight is 252 g/mol. The molecule has 1 heterocycles. The highest BCUT2D eigenvalue weighted by atomic mass is 32.1. The molecule has 1 aromatic rings. The maximum atomic E-state index is 4.57. The van der Waals surface area contributed by atoms with Crippen molar-refractivity contribution >= 4 is 11.3 Å². The van der Waals surface area contributed by atoms with E-state index < -0.39 is 0 Å². The largest absolute Gasteiger partial charge is 0.305 e. The van der Waals surface area contributed by atoms with Crippen LogP contribution in [-0.2, 0) is 0 Å². The van der Waals surface area contributed by atoms with Crippen LogP contribution in [0.3, 0.4) is 0 Å². The van der Waals surface area contributed by atoms with Crippen molar-refractivity contribution in [3.8, 4) is 0 Å². The van der Waals surface area contributed by atoms with Crippen LogP contribution in [0.4, 0.5) is 0 Å². The number of thiazole rings is 1. The van der Waals surface area contributed by atoms with Crippen molar-refractivity contribution in [1.29, 1.82) is 0 Å². The maximum absolute atomic E-state index is 4.57. The van der Waals surface area contributed by atoms with Crippen molar-refractivity contribution in [2.75, 3.05) is 0 Å². The molecule has 1 aromatic heterocycles. The first-order valence-electron chi connectivity index (χ1n) is 6.55. The van der Waals surface area contributed by atoms with Crippen LogP contribution in [0.5, 0.6) is 0 Å². The normalized spacial score (nSPS) is 29.5. The van der Waals surface area contributed by atoms with Gasteiger partial charge in [0.15, 0.2) is 0 Å². The monoisotopic (exact) mass is 252 g/mol. The van der Waals surface area contributed by atoms with Crippen molar-refractivity contribution < 1.29 is 0 Å². The van der Waals surface area contributed by atoms with E-state index in [0.717, 1.165) is 11.6 Å².